The molecule has 9 aromatic carbocycles. The third kappa shape index (κ3) is 10.9. The minimum Gasteiger partial charge on any atom is -0.256 e. The number of nitrogens with zero attached hydrogens (tertiary/aromatic N) is 3. The number of hydrogen-bond acceptors (Lipinski definition) is 3. The average Bonchev–Trinajstić information content (AvgIpc) is 3.52. The van der Waals surface area contributed by atoms with E-state index < -0.39 is 0 Å². The summed E-state index contributed by atoms with van der Waals surface area (Å²) in [6, 6.07) is 96.6. The molecule has 362 valence electrons. The van der Waals surface area contributed by atoms with Crippen molar-refractivity contribution in [1.29, 1.82) is 0 Å². The summed E-state index contributed by atoms with van der Waals surface area (Å²) in [5.41, 5.74) is 25.6. The Morgan fingerprint density at radius 2 is 0.592 bits per heavy atom. The van der Waals surface area contributed by atoms with E-state index in [-0.39, 0.29) is 0 Å². The minimum absolute atomic E-state index is 0.905. The van der Waals surface area contributed by atoms with E-state index in [1.165, 1.54) is 66.8 Å². The molecule has 0 fully saturated rings. The van der Waals surface area contributed by atoms with Crippen LogP contribution in [0.4, 0.5) is 0 Å². The summed E-state index contributed by atoms with van der Waals surface area (Å²) >= 11 is 0. The minimum atomic E-state index is 0.905. The first-order chi connectivity index (χ1) is 37.6. The lowest BCUT2D eigenvalue weighted by Crippen LogP contribution is -1.98. The normalized spacial score (nSPS) is 11.1. The first-order valence-electron chi connectivity index (χ1n) is 26.3. The van der Waals surface area contributed by atoms with Gasteiger partial charge in [-0.05, 0) is 163 Å². The lowest BCUT2D eigenvalue weighted by molar-refractivity contribution is 0.931. The largest absolute Gasteiger partial charge is 0.256 e. The van der Waals surface area contributed by atoms with Crippen LogP contribution in [0.25, 0.3) is 101 Å². The number of aryl methyl sites for hydroxylation is 4. The maximum Gasteiger partial charge on any atom is 0.0708 e. The Morgan fingerprint density at radius 3 is 1.13 bits per heavy atom. The van der Waals surface area contributed by atoms with Gasteiger partial charge in [-0.25, -0.2) is 0 Å². The number of hydrogen-bond donors (Lipinski definition) is 0. The highest BCUT2D eigenvalue weighted by Gasteiger charge is 2.18. The number of aromatic nitrogens is 3. The van der Waals surface area contributed by atoms with Crippen LogP contribution in [0.5, 0.6) is 0 Å². The number of pyridine rings is 3. The van der Waals surface area contributed by atoms with Crippen LogP contribution < -0.4 is 0 Å². The Hall–Kier alpha value is -9.57. The molecule has 0 bridgehead atoms. The van der Waals surface area contributed by atoms with E-state index in [1.807, 2.05) is 42.9 Å². The first-order valence-corrected chi connectivity index (χ1v) is 26.3. The molecule has 0 aliphatic heterocycles. The molecule has 3 heteroatoms. The van der Waals surface area contributed by atoms with Gasteiger partial charge in [0.25, 0.3) is 0 Å². The zero-order chi connectivity index (χ0) is 50.9. The van der Waals surface area contributed by atoms with E-state index in [0.29, 0.717) is 0 Å². The zero-order valence-corrected chi connectivity index (χ0v) is 42.3. The predicted molar refractivity (Wildman–Crippen MR) is 316 cm³/mol. The van der Waals surface area contributed by atoms with Crippen molar-refractivity contribution >= 4 is 0 Å². The van der Waals surface area contributed by atoms with Crippen molar-refractivity contribution in [1.82, 2.24) is 15.0 Å². The molecular formula is C73H55N3. The van der Waals surface area contributed by atoms with E-state index in [2.05, 4.69) is 253 Å². The van der Waals surface area contributed by atoms with E-state index in [0.717, 1.165) is 81.7 Å². The van der Waals surface area contributed by atoms with Crippen molar-refractivity contribution in [3.05, 3.63) is 308 Å². The van der Waals surface area contributed by atoms with Gasteiger partial charge in [-0.2, -0.15) is 0 Å². The Bertz CT molecular complexity index is 3750. The topological polar surface area (TPSA) is 38.7 Å². The van der Waals surface area contributed by atoms with Crippen LogP contribution in [0.1, 0.15) is 22.3 Å². The van der Waals surface area contributed by atoms with Crippen molar-refractivity contribution in [2.75, 3.05) is 0 Å². The lowest BCUT2D eigenvalue weighted by atomic mass is 9.85. The molecule has 0 unspecified atom stereocenters. The molecule has 12 aromatic rings. The Kier molecular flexibility index (Phi) is 13.9. The highest BCUT2D eigenvalue weighted by atomic mass is 14.7. The van der Waals surface area contributed by atoms with Gasteiger partial charge in [0.2, 0.25) is 0 Å². The smallest absolute Gasteiger partial charge is 0.0708 e. The predicted octanol–water partition coefficient (Wildman–Crippen LogP) is 18.4. The molecule has 0 radical (unpaired) electrons. The molecule has 0 atom stereocenters. The van der Waals surface area contributed by atoms with E-state index in [1.54, 1.807) is 0 Å². The summed E-state index contributed by atoms with van der Waals surface area (Å²) in [7, 11) is 0. The van der Waals surface area contributed by atoms with Crippen LogP contribution in [0.15, 0.2) is 286 Å². The van der Waals surface area contributed by atoms with Crippen LogP contribution in [-0.2, 0) is 25.7 Å². The van der Waals surface area contributed by atoms with Crippen molar-refractivity contribution < 1.29 is 0 Å². The maximum absolute atomic E-state index is 4.97. The summed E-state index contributed by atoms with van der Waals surface area (Å²) in [5, 5.41) is 0. The fraction of sp³-hybridized carbons (Fsp3) is 0.0548. The fourth-order valence-corrected chi connectivity index (χ4v) is 10.4. The number of rotatable bonds is 15. The first kappa shape index (κ1) is 47.4. The standard InChI is InChI=1S/C73H55N3/c1-4-14-56(15-5-1)59-34-36-60(37-35-59)69-50-65(73-51-64(42-45-76-73)58-18-8-3-9-19-58)39-41-68(69)70-49-63(57-16-6-2-7-17-57)38-40-67(70)66-47-54(24-22-52-26-30-61(31-27-52)71-20-10-12-43-74-71)46-55(48-66)25-23-53-28-32-62(33-29-53)72-21-11-13-44-75-72/h1-21,26-51H,22-25H2. The molecule has 3 nitrogen and oxygen atoms in total. The SMILES string of the molecule is c1ccc(-c2ccc(-c3cc(-c4cc(-c5ccccc5)ccn4)ccc3-c3cc(-c4ccccc4)ccc3-c3cc(CCc4ccc(-c5ccccn5)cc4)cc(CCc4ccc(-c5ccccn5)cc4)c3)cc2)cc1. The summed E-state index contributed by atoms with van der Waals surface area (Å²) in [6.07, 6.45) is 9.29. The van der Waals surface area contributed by atoms with Crippen LogP contribution in [0.3, 0.4) is 0 Å². The molecule has 76 heavy (non-hydrogen) atoms. The van der Waals surface area contributed by atoms with Gasteiger partial charge < -0.3 is 0 Å². The third-order valence-corrected chi connectivity index (χ3v) is 14.5. The van der Waals surface area contributed by atoms with Crippen molar-refractivity contribution in [3.63, 3.8) is 0 Å². The molecular weight excluding hydrogens is 919 g/mol. The second-order valence-corrected chi connectivity index (χ2v) is 19.5. The Morgan fingerprint density at radius 1 is 0.184 bits per heavy atom. The van der Waals surface area contributed by atoms with Gasteiger partial charge in [0.05, 0.1) is 17.1 Å². The molecule has 0 saturated carbocycles. The van der Waals surface area contributed by atoms with Gasteiger partial charge in [-0.1, -0.05) is 218 Å². The van der Waals surface area contributed by atoms with Crippen molar-refractivity contribution in [2.24, 2.45) is 0 Å². The average molecular weight is 974 g/mol. The molecule has 0 amide bonds. The zero-order valence-electron chi connectivity index (χ0n) is 42.3. The summed E-state index contributed by atoms with van der Waals surface area (Å²) < 4.78 is 0. The van der Waals surface area contributed by atoms with Crippen LogP contribution in [-0.4, -0.2) is 15.0 Å². The van der Waals surface area contributed by atoms with E-state index in [9.17, 15) is 0 Å². The maximum atomic E-state index is 4.97. The number of benzene rings is 9. The molecule has 3 heterocycles. The molecule has 0 aliphatic carbocycles. The molecule has 0 saturated heterocycles. The third-order valence-electron chi connectivity index (χ3n) is 14.5. The molecule has 0 N–H and O–H groups in total. The summed E-state index contributed by atoms with van der Waals surface area (Å²) in [4.78, 5) is 14.2. The van der Waals surface area contributed by atoms with Crippen LogP contribution >= 0.6 is 0 Å². The Labute approximate surface area is 446 Å². The van der Waals surface area contributed by atoms with Gasteiger partial charge in [-0.3, -0.25) is 15.0 Å². The second-order valence-electron chi connectivity index (χ2n) is 19.5. The molecule has 0 spiro atoms. The highest BCUT2D eigenvalue weighted by molar-refractivity contribution is 5.96. The highest BCUT2D eigenvalue weighted by Crippen LogP contribution is 2.43. The Balaban J connectivity index is 0.974. The van der Waals surface area contributed by atoms with Gasteiger partial charge >= 0.3 is 0 Å². The lowest BCUT2D eigenvalue weighted by Gasteiger charge is -2.19. The summed E-state index contributed by atoms with van der Waals surface area (Å²) in [5.74, 6) is 0. The monoisotopic (exact) mass is 973 g/mol. The van der Waals surface area contributed by atoms with Crippen molar-refractivity contribution in [3.8, 4) is 101 Å². The quantitative estimate of drug-likeness (QED) is 0.103. The van der Waals surface area contributed by atoms with Gasteiger partial charge in [0.15, 0.2) is 0 Å². The van der Waals surface area contributed by atoms with E-state index in [4.69, 9.17) is 4.98 Å². The van der Waals surface area contributed by atoms with Crippen LogP contribution in [0, 0.1) is 0 Å². The van der Waals surface area contributed by atoms with Crippen LogP contribution in [0.2, 0.25) is 0 Å². The molecule has 0 aliphatic rings. The van der Waals surface area contributed by atoms with E-state index >= 15 is 0 Å². The van der Waals surface area contributed by atoms with Gasteiger partial charge in [0.1, 0.15) is 0 Å². The van der Waals surface area contributed by atoms with Gasteiger partial charge in [-0.15, -0.1) is 0 Å². The fourth-order valence-electron chi connectivity index (χ4n) is 10.4. The van der Waals surface area contributed by atoms with Gasteiger partial charge in [0, 0.05) is 35.3 Å². The molecule has 12 rings (SSSR count). The summed E-state index contributed by atoms with van der Waals surface area (Å²) in [6.45, 7) is 0. The van der Waals surface area contributed by atoms with Crippen molar-refractivity contribution in [2.45, 2.75) is 25.7 Å². The second kappa shape index (κ2) is 22.3. The molecule has 3 aromatic heterocycles.